The Bertz CT molecular complexity index is 688. The average molecular weight is 383 g/mol. The summed E-state index contributed by atoms with van der Waals surface area (Å²) in [5.41, 5.74) is 0.927. The van der Waals surface area contributed by atoms with E-state index in [-0.39, 0.29) is 17.9 Å². The van der Waals surface area contributed by atoms with Crippen molar-refractivity contribution in [1.29, 1.82) is 0 Å². The van der Waals surface area contributed by atoms with E-state index in [2.05, 4.69) is 16.3 Å². The molecule has 4 nitrogen and oxygen atoms in total. The molecule has 1 atom stereocenters. The first-order chi connectivity index (χ1) is 13.7. The predicted octanol–water partition coefficient (Wildman–Crippen LogP) is 3.76. The maximum absolute atomic E-state index is 13.3. The average Bonchev–Trinajstić information content (AvgIpc) is 3.44. The third kappa shape index (κ3) is 4.18. The van der Waals surface area contributed by atoms with Crippen molar-refractivity contribution in [2.24, 2.45) is 5.92 Å². The van der Waals surface area contributed by atoms with Gasteiger partial charge >= 0.3 is 0 Å². The number of hydrogen-bond acceptors (Lipinski definition) is 3. The van der Waals surface area contributed by atoms with Gasteiger partial charge in [-0.2, -0.15) is 0 Å². The number of rotatable bonds is 6. The predicted molar refractivity (Wildman–Crippen MR) is 112 cm³/mol. The monoisotopic (exact) mass is 382 g/mol. The van der Waals surface area contributed by atoms with Crippen molar-refractivity contribution in [1.82, 2.24) is 10.2 Å². The first-order valence-electron chi connectivity index (χ1n) is 11.2. The standard InChI is InChI=1S/C24H34N2O2/c27-23(24(28,21-12-6-7-13-21)20-10-2-1-3-11-20)25-22-14-16-26(17-15-22)18-19-8-4-5-9-19/h1-3,8,10-11,21-22,28H,4-7,9,12-18H2,(H,25,27). The van der Waals surface area contributed by atoms with Crippen molar-refractivity contribution in [2.75, 3.05) is 19.6 Å². The lowest BCUT2D eigenvalue weighted by atomic mass is 9.79. The molecule has 1 amide bonds. The highest BCUT2D eigenvalue weighted by Gasteiger charge is 2.46. The number of piperidine rings is 1. The number of benzene rings is 1. The highest BCUT2D eigenvalue weighted by atomic mass is 16.3. The van der Waals surface area contributed by atoms with Gasteiger partial charge in [0.25, 0.3) is 5.91 Å². The fraction of sp³-hybridized carbons (Fsp3) is 0.625. The zero-order chi connectivity index (χ0) is 19.4. The number of likely N-dealkylation sites (tertiary alicyclic amines) is 1. The van der Waals surface area contributed by atoms with Gasteiger partial charge in [-0.05, 0) is 50.5 Å². The lowest BCUT2D eigenvalue weighted by Crippen LogP contribution is -2.54. The fourth-order valence-corrected chi connectivity index (χ4v) is 5.29. The van der Waals surface area contributed by atoms with E-state index in [0.29, 0.717) is 0 Å². The molecule has 0 radical (unpaired) electrons. The third-order valence-electron chi connectivity index (χ3n) is 6.99. The van der Waals surface area contributed by atoms with Crippen molar-refractivity contribution in [3.05, 3.63) is 47.5 Å². The SMILES string of the molecule is O=C(NC1CCN(CC2=CCCC2)CC1)C(O)(c1ccccc1)C1CCCC1. The molecule has 1 saturated carbocycles. The first-order valence-corrected chi connectivity index (χ1v) is 11.2. The number of carbonyl (C=O) groups is 1. The first kappa shape index (κ1) is 19.7. The highest BCUT2D eigenvalue weighted by molar-refractivity contribution is 5.87. The van der Waals surface area contributed by atoms with E-state index in [1.807, 2.05) is 30.3 Å². The summed E-state index contributed by atoms with van der Waals surface area (Å²) in [6.07, 6.45) is 12.2. The largest absolute Gasteiger partial charge is 0.375 e. The van der Waals surface area contributed by atoms with E-state index in [1.54, 1.807) is 5.57 Å². The molecule has 152 valence electrons. The Labute approximate surface area is 169 Å². The Morgan fingerprint density at radius 1 is 1.07 bits per heavy atom. The van der Waals surface area contributed by atoms with Gasteiger partial charge in [-0.3, -0.25) is 9.69 Å². The molecule has 1 aromatic rings. The second kappa shape index (κ2) is 8.79. The summed E-state index contributed by atoms with van der Waals surface area (Å²) < 4.78 is 0. The fourth-order valence-electron chi connectivity index (χ4n) is 5.29. The van der Waals surface area contributed by atoms with E-state index in [4.69, 9.17) is 0 Å². The van der Waals surface area contributed by atoms with Crippen LogP contribution in [0.2, 0.25) is 0 Å². The van der Waals surface area contributed by atoms with Crippen LogP contribution < -0.4 is 5.32 Å². The van der Waals surface area contributed by atoms with Crippen LogP contribution in [0.25, 0.3) is 0 Å². The smallest absolute Gasteiger partial charge is 0.257 e. The quantitative estimate of drug-likeness (QED) is 0.737. The number of aliphatic hydroxyl groups is 1. The van der Waals surface area contributed by atoms with Gasteiger partial charge in [0.05, 0.1) is 0 Å². The summed E-state index contributed by atoms with van der Waals surface area (Å²) in [5, 5.41) is 14.8. The number of hydrogen-bond donors (Lipinski definition) is 2. The number of amides is 1. The topological polar surface area (TPSA) is 52.6 Å². The lowest BCUT2D eigenvalue weighted by molar-refractivity contribution is -0.148. The van der Waals surface area contributed by atoms with E-state index >= 15 is 0 Å². The summed E-state index contributed by atoms with van der Waals surface area (Å²) in [5.74, 6) is -0.174. The zero-order valence-electron chi connectivity index (χ0n) is 16.9. The van der Waals surface area contributed by atoms with Crippen molar-refractivity contribution >= 4 is 5.91 Å². The van der Waals surface area contributed by atoms with Crippen LogP contribution in [0.15, 0.2) is 42.0 Å². The van der Waals surface area contributed by atoms with Gasteiger partial charge in [0.2, 0.25) is 0 Å². The second-order valence-electron chi connectivity index (χ2n) is 8.89. The van der Waals surface area contributed by atoms with E-state index < -0.39 is 5.60 Å². The molecular weight excluding hydrogens is 348 g/mol. The van der Waals surface area contributed by atoms with Gasteiger partial charge in [-0.15, -0.1) is 0 Å². The summed E-state index contributed by atoms with van der Waals surface area (Å²) in [7, 11) is 0. The molecule has 4 heteroatoms. The number of nitrogens with zero attached hydrogens (tertiary/aromatic N) is 1. The molecule has 0 spiro atoms. The number of nitrogens with one attached hydrogen (secondary N) is 1. The molecule has 3 aliphatic rings. The van der Waals surface area contributed by atoms with Gasteiger partial charge in [0.1, 0.15) is 0 Å². The minimum absolute atomic E-state index is 0.0179. The van der Waals surface area contributed by atoms with E-state index in [0.717, 1.165) is 63.7 Å². The van der Waals surface area contributed by atoms with Crippen molar-refractivity contribution in [3.63, 3.8) is 0 Å². The Kier molecular flexibility index (Phi) is 6.17. The van der Waals surface area contributed by atoms with Crippen LogP contribution in [0, 0.1) is 5.92 Å². The van der Waals surface area contributed by atoms with Crippen LogP contribution in [0.3, 0.4) is 0 Å². The second-order valence-corrected chi connectivity index (χ2v) is 8.89. The Balaban J connectivity index is 1.38. The molecule has 1 unspecified atom stereocenters. The molecule has 2 N–H and O–H groups in total. The Morgan fingerprint density at radius 2 is 1.79 bits per heavy atom. The van der Waals surface area contributed by atoms with Crippen molar-refractivity contribution < 1.29 is 9.90 Å². The summed E-state index contributed by atoms with van der Waals surface area (Å²) >= 11 is 0. The summed E-state index contributed by atoms with van der Waals surface area (Å²) in [4.78, 5) is 15.8. The van der Waals surface area contributed by atoms with Crippen LogP contribution in [0.5, 0.6) is 0 Å². The van der Waals surface area contributed by atoms with Crippen LogP contribution in [0.1, 0.15) is 63.4 Å². The Hall–Kier alpha value is -1.65. The highest BCUT2D eigenvalue weighted by Crippen LogP contribution is 2.41. The molecule has 28 heavy (non-hydrogen) atoms. The van der Waals surface area contributed by atoms with Gasteiger partial charge in [-0.1, -0.05) is 54.8 Å². The normalized spacial score (nSPS) is 24.1. The van der Waals surface area contributed by atoms with Crippen LogP contribution in [-0.2, 0) is 10.4 Å². The molecule has 4 rings (SSSR count). The van der Waals surface area contributed by atoms with Crippen LogP contribution in [-0.4, -0.2) is 41.6 Å². The number of carbonyl (C=O) groups excluding carboxylic acids is 1. The van der Waals surface area contributed by atoms with Gasteiger partial charge in [0.15, 0.2) is 5.60 Å². The van der Waals surface area contributed by atoms with E-state index in [9.17, 15) is 9.90 Å². The minimum atomic E-state index is -1.40. The van der Waals surface area contributed by atoms with Crippen molar-refractivity contribution in [3.8, 4) is 0 Å². The molecule has 0 aromatic heterocycles. The molecule has 2 fully saturated rings. The summed E-state index contributed by atoms with van der Waals surface area (Å²) in [6.45, 7) is 3.14. The van der Waals surface area contributed by atoms with Gasteiger partial charge < -0.3 is 10.4 Å². The molecule has 1 aliphatic heterocycles. The molecule has 1 aromatic carbocycles. The molecule has 1 saturated heterocycles. The Morgan fingerprint density at radius 3 is 2.43 bits per heavy atom. The lowest BCUT2D eigenvalue weighted by Gasteiger charge is -2.37. The molecule has 1 heterocycles. The maximum Gasteiger partial charge on any atom is 0.257 e. The summed E-state index contributed by atoms with van der Waals surface area (Å²) in [6, 6.07) is 9.73. The maximum atomic E-state index is 13.3. The van der Waals surface area contributed by atoms with Crippen LogP contribution in [0.4, 0.5) is 0 Å². The van der Waals surface area contributed by atoms with E-state index in [1.165, 1.54) is 19.3 Å². The van der Waals surface area contributed by atoms with Gasteiger partial charge in [0, 0.05) is 31.6 Å². The minimum Gasteiger partial charge on any atom is -0.375 e. The van der Waals surface area contributed by atoms with Crippen LogP contribution >= 0.6 is 0 Å². The zero-order valence-corrected chi connectivity index (χ0v) is 16.9. The molecular formula is C24H34N2O2. The van der Waals surface area contributed by atoms with Crippen molar-refractivity contribution in [2.45, 2.75) is 69.4 Å². The molecule has 0 bridgehead atoms. The third-order valence-corrected chi connectivity index (χ3v) is 6.99. The van der Waals surface area contributed by atoms with Gasteiger partial charge in [-0.25, -0.2) is 0 Å². The molecule has 2 aliphatic carbocycles. The number of allylic oxidation sites excluding steroid dienone is 1.